The number of hydrogen-bond acceptors (Lipinski definition) is 10. The molecule has 2 N–H and O–H groups in total. The zero-order valence-electron chi connectivity index (χ0n) is 29.1. The van der Waals surface area contributed by atoms with E-state index in [9.17, 15) is 14.9 Å². The molecule has 3 saturated heterocycles. The van der Waals surface area contributed by atoms with Crippen molar-refractivity contribution in [1.82, 2.24) is 40.6 Å². The molecule has 2 aromatic carbocycles. The molecule has 4 fully saturated rings. The van der Waals surface area contributed by atoms with E-state index in [0.29, 0.717) is 107 Å². The Kier molecular flexibility index (Phi) is 9.08. The highest BCUT2D eigenvalue weighted by atomic mass is 16.5. The maximum absolute atomic E-state index is 13.7. The SMILES string of the molecule is C=C(CN[C@H](C)CC1(c2nnn[nH]2)c2ccc(C(=O)N3CCOCC3)cc2CCc2cc(C(=O)N3CCOCC3)ccc21)N1C(C#N)C[C@@H]2C[C@@H]21. The zero-order chi connectivity index (χ0) is 35.1. The van der Waals surface area contributed by atoms with Crippen LogP contribution in [-0.4, -0.2) is 124 Å². The highest BCUT2D eigenvalue weighted by Gasteiger charge is 2.52. The summed E-state index contributed by atoms with van der Waals surface area (Å²) in [4.78, 5) is 33.3. The van der Waals surface area contributed by atoms with Gasteiger partial charge >= 0.3 is 0 Å². The molecule has 2 aliphatic carbocycles. The molecular weight excluding hydrogens is 646 g/mol. The number of nitrogens with zero attached hydrogens (tertiary/aromatic N) is 7. The third-order valence-electron chi connectivity index (χ3n) is 11.5. The van der Waals surface area contributed by atoms with Crippen LogP contribution in [0.15, 0.2) is 48.7 Å². The van der Waals surface area contributed by atoms with Crippen molar-refractivity contribution >= 4 is 11.8 Å². The van der Waals surface area contributed by atoms with E-state index in [0.717, 1.165) is 40.8 Å². The third kappa shape index (κ3) is 6.19. The minimum atomic E-state index is -0.829. The Balaban J connectivity index is 1.17. The number of aromatic amines is 1. The topological polar surface area (TPSA) is 153 Å². The number of piperidine rings is 1. The Morgan fingerprint density at radius 3 is 2.10 bits per heavy atom. The molecule has 1 aromatic heterocycles. The molecule has 8 rings (SSSR count). The van der Waals surface area contributed by atoms with E-state index >= 15 is 0 Å². The van der Waals surface area contributed by atoms with Gasteiger partial charge < -0.3 is 29.5 Å². The fourth-order valence-corrected chi connectivity index (χ4v) is 8.87. The van der Waals surface area contributed by atoms with E-state index in [1.165, 1.54) is 0 Å². The van der Waals surface area contributed by atoms with Crippen LogP contribution in [0.5, 0.6) is 0 Å². The molecule has 3 aromatic rings. The fraction of sp³-hybridized carbons (Fsp3) is 0.526. The zero-order valence-corrected chi connectivity index (χ0v) is 29.1. The minimum absolute atomic E-state index is 0.00257. The summed E-state index contributed by atoms with van der Waals surface area (Å²) in [6.07, 6.45) is 3.98. The number of rotatable bonds is 9. The van der Waals surface area contributed by atoms with Gasteiger partial charge in [0.2, 0.25) is 0 Å². The lowest BCUT2D eigenvalue weighted by Gasteiger charge is -2.37. The number of carbonyl (C=O) groups excluding carboxylic acids is 2. The Morgan fingerprint density at radius 1 is 0.980 bits per heavy atom. The highest BCUT2D eigenvalue weighted by molar-refractivity contribution is 5.95. The van der Waals surface area contributed by atoms with Gasteiger partial charge in [0.1, 0.15) is 6.04 Å². The van der Waals surface area contributed by atoms with Crippen LogP contribution in [0.25, 0.3) is 0 Å². The molecule has 0 bridgehead atoms. The second-order valence-corrected chi connectivity index (χ2v) is 14.6. The number of tetrazole rings is 1. The molecule has 5 aliphatic rings. The summed E-state index contributed by atoms with van der Waals surface area (Å²) in [5.41, 5.74) is 5.56. The van der Waals surface area contributed by atoms with Gasteiger partial charge in [-0.15, -0.1) is 5.10 Å². The monoisotopic (exact) mass is 691 g/mol. The Bertz CT molecular complexity index is 1760. The van der Waals surface area contributed by atoms with Crippen molar-refractivity contribution in [3.63, 3.8) is 0 Å². The maximum Gasteiger partial charge on any atom is 0.254 e. The summed E-state index contributed by atoms with van der Waals surface area (Å²) in [5.74, 6) is 1.20. The van der Waals surface area contributed by atoms with Crippen LogP contribution in [0, 0.1) is 17.2 Å². The molecule has 0 radical (unpaired) electrons. The number of amides is 2. The van der Waals surface area contributed by atoms with E-state index in [-0.39, 0.29) is 23.9 Å². The second kappa shape index (κ2) is 13.8. The largest absolute Gasteiger partial charge is 0.378 e. The summed E-state index contributed by atoms with van der Waals surface area (Å²) in [7, 11) is 0. The van der Waals surface area contributed by atoms with E-state index < -0.39 is 5.41 Å². The van der Waals surface area contributed by atoms with E-state index in [4.69, 9.17) is 9.47 Å². The molecule has 2 amide bonds. The number of aromatic nitrogens is 4. The molecule has 1 unspecified atom stereocenters. The number of benzene rings is 2. The van der Waals surface area contributed by atoms with Gasteiger partial charge in [-0.3, -0.25) is 9.59 Å². The lowest BCUT2D eigenvalue weighted by Crippen LogP contribution is -2.43. The summed E-state index contributed by atoms with van der Waals surface area (Å²) in [5, 5.41) is 29.3. The van der Waals surface area contributed by atoms with Gasteiger partial charge in [0, 0.05) is 61.6 Å². The minimum Gasteiger partial charge on any atom is -0.378 e. The molecule has 4 atom stereocenters. The van der Waals surface area contributed by atoms with Crippen molar-refractivity contribution in [3.05, 3.63) is 87.9 Å². The number of morpholine rings is 2. The molecule has 51 heavy (non-hydrogen) atoms. The number of carbonyl (C=O) groups is 2. The normalized spacial score (nSPS) is 24.1. The summed E-state index contributed by atoms with van der Waals surface area (Å²) in [6, 6.07) is 14.8. The number of hydrogen-bond donors (Lipinski definition) is 2. The first-order chi connectivity index (χ1) is 24.9. The Labute approximate surface area is 297 Å². The number of likely N-dealkylation sites (tertiary alicyclic amines) is 1. The smallest absolute Gasteiger partial charge is 0.254 e. The van der Waals surface area contributed by atoms with Crippen LogP contribution in [0.4, 0.5) is 0 Å². The van der Waals surface area contributed by atoms with E-state index in [1.807, 2.05) is 34.1 Å². The van der Waals surface area contributed by atoms with Gasteiger partial charge in [0.25, 0.3) is 11.8 Å². The van der Waals surface area contributed by atoms with Crippen LogP contribution in [0.2, 0.25) is 0 Å². The molecule has 13 heteroatoms. The highest BCUT2D eigenvalue weighted by Crippen LogP contribution is 2.49. The summed E-state index contributed by atoms with van der Waals surface area (Å²) in [6.45, 7) is 11.5. The second-order valence-electron chi connectivity index (χ2n) is 14.6. The van der Waals surface area contributed by atoms with E-state index in [2.05, 4.69) is 62.5 Å². The average Bonchev–Trinajstić information content (AvgIpc) is 3.55. The molecule has 13 nitrogen and oxygen atoms in total. The third-order valence-corrected chi connectivity index (χ3v) is 11.5. The molecular formula is C38H45N9O4. The Morgan fingerprint density at radius 2 is 1.57 bits per heavy atom. The lowest BCUT2D eigenvalue weighted by molar-refractivity contribution is 0.0301. The van der Waals surface area contributed by atoms with Crippen molar-refractivity contribution in [2.24, 2.45) is 5.92 Å². The predicted octanol–water partition coefficient (Wildman–Crippen LogP) is 2.45. The fourth-order valence-electron chi connectivity index (χ4n) is 8.87. The van der Waals surface area contributed by atoms with Crippen LogP contribution >= 0.6 is 0 Å². The maximum atomic E-state index is 13.7. The number of H-pyrrole nitrogens is 1. The van der Waals surface area contributed by atoms with Gasteiger partial charge in [-0.05, 0) is 102 Å². The van der Waals surface area contributed by atoms with Crippen LogP contribution < -0.4 is 5.32 Å². The molecule has 1 saturated carbocycles. The quantitative estimate of drug-likeness (QED) is 0.342. The Hall–Kier alpha value is -4.64. The number of fused-ring (bicyclic) bond motifs is 3. The first-order valence-corrected chi connectivity index (χ1v) is 18.2. The molecule has 0 spiro atoms. The summed E-state index contributed by atoms with van der Waals surface area (Å²) >= 11 is 0. The standard InChI is InChI=1S/C38H45N9O4/c1-24(40-23-25(2)47-31(22-39)19-30-20-34(30)47)21-38(37-41-43-44-42-37)32-7-5-28(35(48)45-9-13-50-14-10-45)17-26(32)3-4-27-18-29(6-8-33(27)38)36(49)46-11-15-51-16-12-46/h5-8,17-18,24,30-31,34,40H,2-4,9-16,19-21,23H2,1H3,(H,41,42,43,44)/t24-,30-,31?,34+/m1/s1. The molecule has 3 aliphatic heterocycles. The molecule has 4 heterocycles. The van der Waals surface area contributed by atoms with Crippen molar-refractivity contribution in [3.8, 4) is 6.07 Å². The van der Waals surface area contributed by atoms with Crippen molar-refractivity contribution in [1.29, 1.82) is 5.26 Å². The lowest BCUT2D eigenvalue weighted by atomic mass is 9.67. The van der Waals surface area contributed by atoms with E-state index in [1.54, 1.807) is 0 Å². The van der Waals surface area contributed by atoms with Gasteiger partial charge in [0.05, 0.1) is 37.9 Å². The van der Waals surface area contributed by atoms with Gasteiger partial charge in [-0.25, -0.2) is 5.10 Å². The van der Waals surface area contributed by atoms with Gasteiger partial charge in [-0.1, -0.05) is 18.7 Å². The van der Waals surface area contributed by atoms with Crippen LogP contribution in [0.1, 0.15) is 75.0 Å². The predicted molar refractivity (Wildman–Crippen MR) is 187 cm³/mol. The van der Waals surface area contributed by atoms with Crippen molar-refractivity contribution in [2.45, 2.75) is 62.6 Å². The number of aryl methyl sites for hydroxylation is 2. The first kappa shape index (κ1) is 33.5. The average molecular weight is 692 g/mol. The van der Waals surface area contributed by atoms with Crippen molar-refractivity contribution < 1.29 is 19.1 Å². The number of nitrogens with one attached hydrogen (secondary N) is 2. The van der Waals surface area contributed by atoms with Crippen molar-refractivity contribution in [2.75, 3.05) is 59.2 Å². The summed E-state index contributed by atoms with van der Waals surface area (Å²) < 4.78 is 11.0. The number of ether oxygens (including phenoxy) is 2. The first-order valence-electron chi connectivity index (χ1n) is 18.2. The number of nitriles is 1. The van der Waals surface area contributed by atoms with Crippen LogP contribution in [0.3, 0.4) is 0 Å². The van der Waals surface area contributed by atoms with Gasteiger partial charge in [0.15, 0.2) is 5.82 Å². The van der Waals surface area contributed by atoms with Gasteiger partial charge in [-0.2, -0.15) is 5.26 Å². The molecule has 266 valence electrons. The van der Waals surface area contributed by atoms with Crippen LogP contribution in [-0.2, 0) is 27.7 Å².